The van der Waals surface area contributed by atoms with Gasteiger partial charge in [0.2, 0.25) is 10.0 Å². The highest BCUT2D eigenvalue weighted by atomic mass is 32.2. The highest BCUT2D eigenvalue weighted by molar-refractivity contribution is 7.89. The lowest BCUT2D eigenvalue weighted by molar-refractivity contribution is 0.0729. The van der Waals surface area contributed by atoms with Crippen LogP contribution in [0.25, 0.3) is 0 Å². The fraction of sp³-hybridized carbons (Fsp3) is 0.368. The highest BCUT2D eigenvalue weighted by Crippen LogP contribution is 2.24. The molecular formula is C19H23FN2O5S. The smallest absolute Gasteiger partial charge is 0.246 e. The van der Waals surface area contributed by atoms with Gasteiger partial charge in [-0.2, -0.15) is 4.31 Å². The van der Waals surface area contributed by atoms with E-state index in [4.69, 9.17) is 14.2 Å². The van der Waals surface area contributed by atoms with Crippen LogP contribution >= 0.6 is 0 Å². The number of hydrogen-bond donors (Lipinski definition) is 1. The first-order valence-electron chi connectivity index (χ1n) is 8.89. The molecule has 0 aromatic heterocycles. The largest absolute Gasteiger partial charge is 0.497 e. The predicted molar refractivity (Wildman–Crippen MR) is 103 cm³/mol. The molecule has 1 fully saturated rings. The van der Waals surface area contributed by atoms with Gasteiger partial charge in [-0.3, -0.25) is 0 Å². The van der Waals surface area contributed by atoms with Crippen LogP contribution in [0.5, 0.6) is 11.5 Å². The topological polar surface area (TPSA) is 77.1 Å². The van der Waals surface area contributed by atoms with Crippen molar-refractivity contribution in [2.75, 3.05) is 51.9 Å². The highest BCUT2D eigenvalue weighted by Gasteiger charge is 2.29. The van der Waals surface area contributed by atoms with E-state index in [2.05, 4.69) is 5.32 Å². The monoisotopic (exact) mass is 410 g/mol. The number of benzene rings is 2. The minimum Gasteiger partial charge on any atom is -0.497 e. The molecule has 0 saturated carbocycles. The molecule has 1 aliphatic rings. The summed E-state index contributed by atoms with van der Waals surface area (Å²) in [4.78, 5) is -0.338. The molecule has 0 spiro atoms. The normalized spacial score (nSPS) is 15.2. The van der Waals surface area contributed by atoms with Crippen LogP contribution in [0.2, 0.25) is 0 Å². The molecule has 2 aromatic rings. The molecule has 2 aromatic carbocycles. The number of ether oxygens (including phenoxy) is 3. The van der Waals surface area contributed by atoms with Crippen molar-refractivity contribution >= 4 is 15.7 Å². The predicted octanol–water partition coefficient (Wildman–Crippen LogP) is 2.35. The van der Waals surface area contributed by atoms with Gasteiger partial charge in [-0.15, -0.1) is 0 Å². The number of rotatable bonds is 8. The van der Waals surface area contributed by atoms with E-state index in [1.807, 2.05) is 0 Å². The van der Waals surface area contributed by atoms with Crippen LogP contribution < -0.4 is 14.8 Å². The van der Waals surface area contributed by atoms with Gasteiger partial charge >= 0.3 is 0 Å². The SMILES string of the molecule is COc1ccc(OCCNc2ccc(F)c(S(=O)(=O)N3CCOCC3)c2)cc1. The van der Waals surface area contributed by atoms with Gasteiger partial charge in [0.15, 0.2) is 0 Å². The minimum absolute atomic E-state index is 0.217. The van der Waals surface area contributed by atoms with Crippen molar-refractivity contribution in [1.29, 1.82) is 0 Å². The van der Waals surface area contributed by atoms with E-state index in [0.29, 0.717) is 37.8 Å². The van der Waals surface area contributed by atoms with Crippen LogP contribution in [0.4, 0.5) is 10.1 Å². The Bertz CT molecular complexity index is 884. The van der Waals surface area contributed by atoms with Crippen molar-refractivity contribution in [3.63, 3.8) is 0 Å². The molecule has 0 bridgehead atoms. The summed E-state index contributed by atoms with van der Waals surface area (Å²) in [5, 5.41) is 3.06. The third kappa shape index (κ3) is 4.92. The fourth-order valence-electron chi connectivity index (χ4n) is 2.77. The molecule has 1 aliphatic heterocycles. The third-order valence-corrected chi connectivity index (χ3v) is 6.19. The minimum atomic E-state index is -3.90. The van der Waals surface area contributed by atoms with Gasteiger partial charge in [-0.1, -0.05) is 0 Å². The van der Waals surface area contributed by atoms with E-state index < -0.39 is 15.8 Å². The molecule has 0 atom stereocenters. The fourth-order valence-corrected chi connectivity index (χ4v) is 4.27. The second-order valence-corrected chi connectivity index (χ2v) is 8.02. The molecule has 1 N–H and O–H groups in total. The van der Waals surface area contributed by atoms with E-state index in [0.717, 1.165) is 11.8 Å². The van der Waals surface area contributed by atoms with Crippen molar-refractivity contribution in [3.8, 4) is 11.5 Å². The van der Waals surface area contributed by atoms with Crippen LogP contribution in [0.15, 0.2) is 47.4 Å². The van der Waals surface area contributed by atoms with Crippen LogP contribution in [-0.2, 0) is 14.8 Å². The second-order valence-electron chi connectivity index (χ2n) is 6.11. The zero-order valence-corrected chi connectivity index (χ0v) is 16.4. The molecular weight excluding hydrogens is 387 g/mol. The maximum absolute atomic E-state index is 14.2. The number of sulfonamides is 1. The van der Waals surface area contributed by atoms with Gasteiger partial charge in [0.25, 0.3) is 0 Å². The van der Waals surface area contributed by atoms with Crippen molar-refractivity contribution in [2.24, 2.45) is 0 Å². The standard InChI is InChI=1S/C19H23FN2O5S/c1-25-16-3-5-17(6-4-16)27-11-8-21-15-2-7-18(20)19(14-15)28(23,24)22-9-12-26-13-10-22/h2-7,14,21H,8-13H2,1H3. The first kappa shape index (κ1) is 20.4. The number of nitrogens with one attached hydrogen (secondary N) is 1. The number of hydrogen-bond acceptors (Lipinski definition) is 6. The van der Waals surface area contributed by atoms with Gasteiger partial charge in [-0.05, 0) is 42.5 Å². The van der Waals surface area contributed by atoms with Gasteiger partial charge in [0.1, 0.15) is 28.8 Å². The van der Waals surface area contributed by atoms with Crippen LogP contribution in [0, 0.1) is 5.82 Å². The van der Waals surface area contributed by atoms with Gasteiger partial charge in [-0.25, -0.2) is 12.8 Å². The summed E-state index contributed by atoms with van der Waals surface area (Å²) in [6.07, 6.45) is 0. The van der Waals surface area contributed by atoms with E-state index in [1.165, 1.54) is 16.4 Å². The van der Waals surface area contributed by atoms with Gasteiger partial charge in [0.05, 0.1) is 20.3 Å². The van der Waals surface area contributed by atoms with Crippen LogP contribution in [0.3, 0.4) is 0 Å². The Hall–Kier alpha value is -2.36. The van der Waals surface area contributed by atoms with Crippen LogP contribution in [-0.4, -0.2) is 59.3 Å². The van der Waals surface area contributed by atoms with Crippen LogP contribution in [0.1, 0.15) is 0 Å². The van der Waals surface area contributed by atoms with Gasteiger partial charge < -0.3 is 19.5 Å². The summed E-state index contributed by atoms with van der Waals surface area (Å²) in [5.74, 6) is 0.662. The van der Waals surface area contributed by atoms with E-state index in [9.17, 15) is 12.8 Å². The van der Waals surface area contributed by atoms with Gasteiger partial charge in [0, 0.05) is 25.3 Å². The number of nitrogens with zero attached hydrogens (tertiary/aromatic N) is 1. The summed E-state index contributed by atoms with van der Waals surface area (Å²) in [7, 11) is -2.31. The molecule has 0 radical (unpaired) electrons. The molecule has 28 heavy (non-hydrogen) atoms. The van der Waals surface area contributed by atoms with Crippen molar-refractivity contribution < 1.29 is 27.0 Å². The van der Waals surface area contributed by atoms with E-state index in [-0.39, 0.29) is 18.0 Å². The average molecular weight is 410 g/mol. The zero-order valence-electron chi connectivity index (χ0n) is 15.6. The Balaban J connectivity index is 1.59. The number of anilines is 1. The Morgan fingerprint density at radius 2 is 1.79 bits per heavy atom. The molecule has 1 saturated heterocycles. The Morgan fingerprint density at radius 3 is 2.46 bits per heavy atom. The molecule has 0 aliphatic carbocycles. The summed E-state index contributed by atoms with van der Waals surface area (Å²) in [6.45, 7) is 1.83. The first-order valence-corrected chi connectivity index (χ1v) is 10.3. The third-order valence-electron chi connectivity index (χ3n) is 4.28. The molecule has 1 heterocycles. The molecule has 7 nitrogen and oxygen atoms in total. The summed E-state index contributed by atoms with van der Waals surface area (Å²) in [5.41, 5.74) is 0.506. The molecule has 9 heteroatoms. The number of morpholine rings is 1. The lowest BCUT2D eigenvalue weighted by Gasteiger charge is -2.26. The molecule has 3 rings (SSSR count). The lowest BCUT2D eigenvalue weighted by atomic mass is 10.3. The first-order chi connectivity index (χ1) is 13.5. The maximum atomic E-state index is 14.2. The van der Waals surface area contributed by atoms with Crippen molar-refractivity contribution in [2.45, 2.75) is 4.90 Å². The lowest BCUT2D eigenvalue weighted by Crippen LogP contribution is -2.40. The van der Waals surface area contributed by atoms with E-state index >= 15 is 0 Å². The molecule has 152 valence electrons. The molecule has 0 amide bonds. The maximum Gasteiger partial charge on any atom is 0.246 e. The number of halogens is 1. The van der Waals surface area contributed by atoms with Crippen molar-refractivity contribution in [1.82, 2.24) is 4.31 Å². The zero-order chi connectivity index (χ0) is 20.0. The number of methoxy groups -OCH3 is 1. The summed E-state index contributed by atoms with van der Waals surface area (Å²) in [6, 6.07) is 11.2. The average Bonchev–Trinajstić information content (AvgIpc) is 2.73. The second kappa shape index (κ2) is 9.22. The summed E-state index contributed by atoms with van der Waals surface area (Å²) < 4.78 is 56.7. The Labute approximate surface area is 164 Å². The Kier molecular flexibility index (Phi) is 6.71. The summed E-state index contributed by atoms with van der Waals surface area (Å²) >= 11 is 0. The quantitative estimate of drug-likeness (QED) is 0.674. The Morgan fingerprint density at radius 1 is 1.11 bits per heavy atom. The molecule has 0 unspecified atom stereocenters. The van der Waals surface area contributed by atoms with Crippen molar-refractivity contribution in [3.05, 3.63) is 48.3 Å². The van der Waals surface area contributed by atoms with E-state index in [1.54, 1.807) is 31.4 Å².